The molecule has 0 N–H and O–H groups in total. The van der Waals surface area contributed by atoms with E-state index >= 15 is 0 Å². The van der Waals surface area contributed by atoms with Crippen molar-refractivity contribution in [2.45, 2.75) is 72.3 Å². The van der Waals surface area contributed by atoms with E-state index in [0.717, 1.165) is 19.3 Å². The summed E-state index contributed by atoms with van der Waals surface area (Å²) in [5.41, 5.74) is 5.60. The van der Waals surface area contributed by atoms with E-state index in [-0.39, 0.29) is 5.60 Å². The van der Waals surface area contributed by atoms with Crippen LogP contribution in [0, 0.1) is 13.8 Å². The van der Waals surface area contributed by atoms with Crippen LogP contribution in [0.25, 0.3) is 21.5 Å². The van der Waals surface area contributed by atoms with E-state index in [4.69, 9.17) is 4.74 Å². The standard InChI is InChI=1S/C25H30O/c1-6-7-10-21-23-20-12-9-8-11-19(20)16(2)17(3)22(23)15-18-13-14-25(4,5)26-24(18)21/h8-9,11-12,15H,6-7,10,13-14H2,1-5H3. The molecular weight excluding hydrogens is 316 g/mol. The molecule has 0 spiro atoms. The van der Waals surface area contributed by atoms with Gasteiger partial charge < -0.3 is 4.74 Å². The molecule has 3 aromatic carbocycles. The fourth-order valence-corrected chi connectivity index (χ4v) is 4.49. The molecule has 0 saturated carbocycles. The zero-order valence-corrected chi connectivity index (χ0v) is 16.8. The van der Waals surface area contributed by atoms with Gasteiger partial charge in [-0.05, 0) is 97.7 Å². The van der Waals surface area contributed by atoms with Gasteiger partial charge in [0.15, 0.2) is 0 Å². The minimum atomic E-state index is -0.0722. The average molecular weight is 347 g/mol. The molecule has 0 bridgehead atoms. The van der Waals surface area contributed by atoms with Crippen LogP contribution < -0.4 is 4.74 Å². The molecule has 0 fully saturated rings. The van der Waals surface area contributed by atoms with E-state index in [2.05, 4.69) is 65.0 Å². The molecule has 0 aliphatic carbocycles. The molecule has 1 nitrogen and oxygen atoms in total. The fraction of sp³-hybridized carbons (Fsp3) is 0.440. The molecule has 1 heteroatoms. The molecule has 1 heterocycles. The van der Waals surface area contributed by atoms with Crippen LogP contribution in [0.5, 0.6) is 5.75 Å². The summed E-state index contributed by atoms with van der Waals surface area (Å²) in [6.07, 6.45) is 5.71. The molecule has 0 aromatic heterocycles. The number of hydrogen-bond donors (Lipinski definition) is 0. The quantitative estimate of drug-likeness (QED) is 0.461. The molecular formula is C25H30O. The van der Waals surface area contributed by atoms with Gasteiger partial charge >= 0.3 is 0 Å². The summed E-state index contributed by atoms with van der Waals surface area (Å²) in [7, 11) is 0. The number of hydrogen-bond acceptors (Lipinski definition) is 1. The van der Waals surface area contributed by atoms with E-state index in [1.54, 1.807) is 0 Å². The summed E-state index contributed by atoms with van der Waals surface area (Å²) in [6, 6.07) is 11.3. The van der Waals surface area contributed by atoms with Gasteiger partial charge in [0, 0.05) is 5.56 Å². The largest absolute Gasteiger partial charge is 0.487 e. The van der Waals surface area contributed by atoms with E-state index in [9.17, 15) is 0 Å². The second-order valence-electron chi connectivity index (χ2n) is 8.53. The number of unbranched alkanes of at least 4 members (excludes halogenated alkanes) is 1. The minimum absolute atomic E-state index is 0.0722. The van der Waals surface area contributed by atoms with Crippen LogP contribution in [0.4, 0.5) is 0 Å². The Morgan fingerprint density at radius 2 is 1.69 bits per heavy atom. The highest BCUT2D eigenvalue weighted by Crippen LogP contribution is 2.44. The van der Waals surface area contributed by atoms with Gasteiger partial charge in [-0.25, -0.2) is 0 Å². The number of fused-ring (bicyclic) bond motifs is 4. The van der Waals surface area contributed by atoms with Gasteiger partial charge in [-0.1, -0.05) is 37.6 Å². The van der Waals surface area contributed by atoms with E-state index < -0.39 is 0 Å². The Morgan fingerprint density at radius 3 is 2.42 bits per heavy atom. The first kappa shape index (κ1) is 17.4. The normalized spacial score (nSPS) is 15.9. The molecule has 0 atom stereocenters. The highest BCUT2D eigenvalue weighted by molar-refractivity contribution is 6.13. The molecule has 1 aliphatic heterocycles. The van der Waals surface area contributed by atoms with Crippen molar-refractivity contribution in [1.82, 2.24) is 0 Å². The first-order valence-corrected chi connectivity index (χ1v) is 10.1. The number of benzene rings is 3. The number of rotatable bonds is 3. The third-order valence-electron chi connectivity index (χ3n) is 6.18. The van der Waals surface area contributed by atoms with Crippen LogP contribution in [0.15, 0.2) is 30.3 Å². The zero-order valence-electron chi connectivity index (χ0n) is 16.8. The summed E-state index contributed by atoms with van der Waals surface area (Å²) in [4.78, 5) is 0. The SMILES string of the molecule is CCCCc1c2c(cc3c(C)c(C)c4ccccc4c13)CCC(C)(C)O2. The molecule has 4 rings (SSSR count). The monoisotopic (exact) mass is 346 g/mol. The Balaban J connectivity index is 2.14. The van der Waals surface area contributed by atoms with Crippen LogP contribution in [0.2, 0.25) is 0 Å². The maximum Gasteiger partial charge on any atom is 0.127 e. The van der Waals surface area contributed by atoms with Crippen molar-refractivity contribution in [3.63, 3.8) is 0 Å². The van der Waals surface area contributed by atoms with Crippen molar-refractivity contribution in [2.24, 2.45) is 0 Å². The van der Waals surface area contributed by atoms with Gasteiger partial charge in [-0.3, -0.25) is 0 Å². The first-order chi connectivity index (χ1) is 12.4. The van der Waals surface area contributed by atoms with Crippen molar-refractivity contribution in [1.29, 1.82) is 0 Å². The van der Waals surface area contributed by atoms with E-state index in [0.29, 0.717) is 0 Å². The molecule has 26 heavy (non-hydrogen) atoms. The third-order valence-corrected chi connectivity index (χ3v) is 6.18. The highest BCUT2D eigenvalue weighted by Gasteiger charge is 2.30. The van der Waals surface area contributed by atoms with Crippen molar-refractivity contribution < 1.29 is 4.74 Å². The molecule has 3 aromatic rings. The van der Waals surface area contributed by atoms with Crippen LogP contribution in [0.3, 0.4) is 0 Å². The van der Waals surface area contributed by atoms with Gasteiger partial charge in [-0.15, -0.1) is 0 Å². The van der Waals surface area contributed by atoms with E-state index in [1.165, 1.54) is 62.4 Å². The van der Waals surface area contributed by atoms with Crippen molar-refractivity contribution in [2.75, 3.05) is 0 Å². The number of ether oxygens (including phenoxy) is 1. The van der Waals surface area contributed by atoms with Gasteiger partial charge in [0.25, 0.3) is 0 Å². The summed E-state index contributed by atoms with van der Waals surface area (Å²) in [5, 5.41) is 5.61. The first-order valence-electron chi connectivity index (χ1n) is 10.1. The van der Waals surface area contributed by atoms with Gasteiger partial charge in [0.2, 0.25) is 0 Å². The number of aryl methyl sites for hydroxylation is 4. The van der Waals surface area contributed by atoms with Crippen molar-refractivity contribution >= 4 is 21.5 Å². The maximum absolute atomic E-state index is 6.57. The second-order valence-corrected chi connectivity index (χ2v) is 8.53. The molecule has 136 valence electrons. The molecule has 0 radical (unpaired) electrons. The Bertz CT molecular complexity index is 994. The molecule has 0 unspecified atom stereocenters. The predicted molar refractivity (Wildman–Crippen MR) is 113 cm³/mol. The smallest absolute Gasteiger partial charge is 0.127 e. The molecule has 1 aliphatic rings. The fourth-order valence-electron chi connectivity index (χ4n) is 4.49. The predicted octanol–water partition coefficient (Wildman–Crippen LogP) is 7.06. The van der Waals surface area contributed by atoms with Gasteiger partial charge in [0.1, 0.15) is 11.4 Å². The zero-order chi connectivity index (χ0) is 18.5. The second kappa shape index (κ2) is 6.30. The lowest BCUT2D eigenvalue weighted by Crippen LogP contribution is -2.33. The topological polar surface area (TPSA) is 9.23 Å². The maximum atomic E-state index is 6.57. The summed E-state index contributed by atoms with van der Waals surface area (Å²) >= 11 is 0. The Morgan fingerprint density at radius 1 is 1.00 bits per heavy atom. The molecule has 0 amide bonds. The van der Waals surface area contributed by atoms with Crippen LogP contribution in [-0.2, 0) is 12.8 Å². The summed E-state index contributed by atoms with van der Waals surface area (Å²) in [5.74, 6) is 1.18. The van der Waals surface area contributed by atoms with Crippen molar-refractivity contribution in [3.8, 4) is 5.75 Å². The Hall–Kier alpha value is -2.02. The lowest BCUT2D eigenvalue weighted by molar-refractivity contribution is 0.0836. The van der Waals surface area contributed by atoms with E-state index in [1.807, 2.05) is 0 Å². The molecule has 0 saturated heterocycles. The summed E-state index contributed by atoms with van der Waals surface area (Å²) in [6.45, 7) is 11.3. The Kier molecular flexibility index (Phi) is 4.22. The minimum Gasteiger partial charge on any atom is -0.487 e. The van der Waals surface area contributed by atoms with Crippen LogP contribution >= 0.6 is 0 Å². The third kappa shape index (κ3) is 2.69. The highest BCUT2D eigenvalue weighted by atomic mass is 16.5. The average Bonchev–Trinajstić information content (AvgIpc) is 2.63. The van der Waals surface area contributed by atoms with Gasteiger partial charge in [-0.2, -0.15) is 0 Å². The lowest BCUT2D eigenvalue weighted by atomic mass is 9.84. The van der Waals surface area contributed by atoms with Crippen LogP contribution in [-0.4, -0.2) is 5.60 Å². The van der Waals surface area contributed by atoms with Crippen LogP contribution in [0.1, 0.15) is 62.3 Å². The van der Waals surface area contributed by atoms with Crippen molar-refractivity contribution in [3.05, 3.63) is 52.6 Å². The lowest BCUT2D eigenvalue weighted by Gasteiger charge is -2.35. The Labute approximate surface area is 157 Å². The van der Waals surface area contributed by atoms with Gasteiger partial charge in [0.05, 0.1) is 0 Å². The summed E-state index contributed by atoms with van der Waals surface area (Å²) < 4.78 is 6.57.